The number of benzene rings is 1. The third-order valence-electron chi connectivity index (χ3n) is 5.21. The Hall–Kier alpha value is -2.52. The second kappa shape index (κ2) is 9.09. The van der Waals surface area contributed by atoms with Crippen molar-refractivity contribution < 1.29 is 18.0 Å². The van der Waals surface area contributed by atoms with Crippen LogP contribution in [-0.4, -0.2) is 35.4 Å². The highest BCUT2D eigenvalue weighted by atomic mass is 35.5. The number of halogens is 4. The number of aromatic amines is 1. The van der Waals surface area contributed by atoms with Crippen molar-refractivity contribution in [2.75, 3.05) is 25.4 Å². The highest BCUT2D eigenvalue weighted by Crippen LogP contribution is 2.29. The minimum Gasteiger partial charge on any atom is -0.384 e. The van der Waals surface area contributed by atoms with E-state index in [0.29, 0.717) is 13.1 Å². The molecule has 2 heterocycles. The molecule has 0 bridgehead atoms. The number of nitrogens with two attached hydrogens (primary N) is 1. The Balaban J connectivity index is 1.46. The molecule has 162 valence electrons. The first-order valence-electron chi connectivity index (χ1n) is 9.48. The lowest BCUT2D eigenvalue weighted by Gasteiger charge is -2.32. The lowest BCUT2D eigenvalue weighted by atomic mass is 9.96. The molecule has 3 rings (SSSR count). The van der Waals surface area contributed by atoms with Gasteiger partial charge in [-0.3, -0.25) is 14.5 Å². The van der Waals surface area contributed by atoms with Crippen molar-refractivity contribution in [2.24, 2.45) is 5.92 Å². The summed E-state index contributed by atoms with van der Waals surface area (Å²) in [6.07, 6.45) is -2.66. The Morgan fingerprint density at radius 2 is 1.87 bits per heavy atom. The zero-order chi connectivity index (χ0) is 21.9. The van der Waals surface area contributed by atoms with Crippen molar-refractivity contribution in [1.29, 1.82) is 0 Å². The minimum absolute atomic E-state index is 0.0126. The number of amides is 1. The van der Waals surface area contributed by atoms with Crippen LogP contribution in [0, 0.1) is 5.92 Å². The molecule has 1 aromatic carbocycles. The van der Waals surface area contributed by atoms with Crippen molar-refractivity contribution in [2.45, 2.75) is 25.6 Å². The predicted molar refractivity (Wildman–Crippen MR) is 108 cm³/mol. The van der Waals surface area contributed by atoms with Crippen LogP contribution >= 0.6 is 11.6 Å². The number of pyridine rings is 1. The Labute approximate surface area is 176 Å². The third kappa shape index (κ3) is 5.54. The molecular weight excluding hydrogens is 421 g/mol. The number of carbonyl (C=O) groups excluding carboxylic acids is 1. The molecule has 0 saturated carbocycles. The summed E-state index contributed by atoms with van der Waals surface area (Å²) >= 11 is 5.86. The molecule has 30 heavy (non-hydrogen) atoms. The first-order chi connectivity index (χ1) is 14.1. The zero-order valence-corrected chi connectivity index (χ0v) is 16.8. The van der Waals surface area contributed by atoms with Crippen LogP contribution < -0.4 is 16.6 Å². The zero-order valence-electron chi connectivity index (χ0n) is 16.1. The Morgan fingerprint density at radius 1 is 1.23 bits per heavy atom. The van der Waals surface area contributed by atoms with Crippen molar-refractivity contribution >= 4 is 23.3 Å². The standard InChI is InChI=1S/C20H22ClF3N4O2/c21-16-9-15(19(30)27-17(16)25)18(29)26-10-12-5-7-28(8-6-12)11-13-1-3-14(4-2-13)20(22,23)24/h1-4,9,12H,5-8,10-11H2,(H,26,29)(H3,25,27,30). The van der Waals surface area contributed by atoms with Crippen LogP contribution in [0.15, 0.2) is 35.1 Å². The number of carbonyl (C=O) groups is 1. The number of piperidine rings is 1. The Kier molecular flexibility index (Phi) is 6.72. The topological polar surface area (TPSA) is 91.2 Å². The first kappa shape index (κ1) is 22.2. The number of anilines is 1. The van der Waals surface area contributed by atoms with Gasteiger partial charge in [-0.1, -0.05) is 23.7 Å². The molecule has 0 aliphatic carbocycles. The number of H-pyrrole nitrogens is 1. The van der Waals surface area contributed by atoms with E-state index in [-0.39, 0.29) is 22.3 Å². The van der Waals surface area contributed by atoms with Crippen LogP contribution in [0.25, 0.3) is 0 Å². The van der Waals surface area contributed by atoms with E-state index in [1.807, 2.05) is 0 Å². The average molecular weight is 443 g/mol. The molecule has 0 radical (unpaired) electrons. The van der Waals surface area contributed by atoms with E-state index >= 15 is 0 Å². The van der Waals surface area contributed by atoms with Gasteiger partial charge in [-0.25, -0.2) is 0 Å². The summed E-state index contributed by atoms with van der Waals surface area (Å²) in [7, 11) is 0. The van der Waals surface area contributed by atoms with Gasteiger partial charge in [0.25, 0.3) is 11.5 Å². The van der Waals surface area contributed by atoms with Gasteiger partial charge in [0.15, 0.2) is 0 Å². The van der Waals surface area contributed by atoms with Gasteiger partial charge in [-0.15, -0.1) is 0 Å². The number of rotatable bonds is 5. The quantitative estimate of drug-likeness (QED) is 0.662. The molecule has 1 fully saturated rings. The summed E-state index contributed by atoms with van der Waals surface area (Å²) in [5.74, 6) is -0.245. The fourth-order valence-corrected chi connectivity index (χ4v) is 3.58. The summed E-state index contributed by atoms with van der Waals surface area (Å²) in [6, 6.07) is 6.46. The summed E-state index contributed by atoms with van der Waals surface area (Å²) in [4.78, 5) is 28.6. The number of nitrogen functional groups attached to an aromatic ring is 1. The lowest BCUT2D eigenvalue weighted by Crippen LogP contribution is -2.39. The smallest absolute Gasteiger partial charge is 0.384 e. The Bertz CT molecular complexity index is 952. The Morgan fingerprint density at radius 3 is 2.47 bits per heavy atom. The molecule has 0 spiro atoms. The number of hydrogen-bond acceptors (Lipinski definition) is 4. The van der Waals surface area contributed by atoms with Gasteiger partial charge in [0, 0.05) is 13.1 Å². The maximum Gasteiger partial charge on any atom is 0.416 e. The largest absolute Gasteiger partial charge is 0.416 e. The van der Waals surface area contributed by atoms with Crippen molar-refractivity contribution in [3.63, 3.8) is 0 Å². The van der Waals surface area contributed by atoms with E-state index in [4.69, 9.17) is 17.3 Å². The number of alkyl halides is 3. The second-order valence-electron chi connectivity index (χ2n) is 7.40. The molecule has 1 saturated heterocycles. The normalized spacial score (nSPS) is 15.9. The van der Waals surface area contributed by atoms with Gasteiger partial charge in [0.2, 0.25) is 0 Å². The van der Waals surface area contributed by atoms with Gasteiger partial charge >= 0.3 is 6.18 Å². The number of likely N-dealkylation sites (tertiary alicyclic amines) is 1. The van der Waals surface area contributed by atoms with Crippen LogP contribution in [0.2, 0.25) is 5.02 Å². The van der Waals surface area contributed by atoms with Crippen LogP contribution in [0.4, 0.5) is 19.0 Å². The molecule has 4 N–H and O–H groups in total. The van der Waals surface area contributed by atoms with Crippen molar-refractivity contribution in [1.82, 2.24) is 15.2 Å². The number of nitrogens with zero attached hydrogens (tertiary/aromatic N) is 1. The van der Waals surface area contributed by atoms with Crippen LogP contribution in [0.3, 0.4) is 0 Å². The molecule has 0 unspecified atom stereocenters. The van der Waals surface area contributed by atoms with E-state index in [1.165, 1.54) is 18.2 Å². The van der Waals surface area contributed by atoms with E-state index in [2.05, 4.69) is 15.2 Å². The number of hydrogen-bond donors (Lipinski definition) is 3. The molecule has 6 nitrogen and oxygen atoms in total. The SMILES string of the molecule is Nc1[nH]c(=O)c(C(=O)NCC2CCN(Cc3ccc(C(F)(F)F)cc3)CC2)cc1Cl. The maximum atomic E-state index is 12.6. The minimum atomic E-state index is -4.33. The summed E-state index contributed by atoms with van der Waals surface area (Å²) in [6.45, 7) is 2.55. The summed E-state index contributed by atoms with van der Waals surface area (Å²) in [5.41, 5.74) is 4.99. The second-order valence-corrected chi connectivity index (χ2v) is 7.81. The van der Waals surface area contributed by atoms with E-state index < -0.39 is 23.2 Å². The maximum absolute atomic E-state index is 12.6. The monoisotopic (exact) mass is 442 g/mol. The van der Waals surface area contributed by atoms with E-state index in [1.54, 1.807) is 0 Å². The van der Waals surface area contributed by atoms with Gasteiger partial charge in [0.1, 0.15) is 11.4 Å². The molecule has 1 aromatic heterocycles. The summed E-state index contributed by atoms with van der Waals surface area (Å²) in [5, 5.41) is 2.87. The molecule has 1 aliphatic heterocycles. The van der Waals surface area contributed by atoms with Gasteiger partial charge in [-0.05, 0) is 55.6 Å². The molecule has 10 heteroatoms. The highest BCUT2D eigenvalue weighted by molar-refractivity contribution is 6.33. The van der Waals surface area contributed by atoms with Gasteiger partial charge in [-0.2, -0.15) is 13.2 Å². The van der Waals surface area contributed by atoms with Crippen molar-refractivity contribution in [3.05, 3.63) is 62.4 Å². The number of nitrogens with one attached hydrogen (secondary N) is 2. The fourth-order valence-electron chi connectivity index (χ4n) is 3.43. The first-order valence-corrected chi connectivity index (χ1v) is 9.86. The van der Waals surface area contributed by atoms with E-state index in [9.17, 15) is 22.8 Å². The highest BCUT2D eigenvalue weighted by Gasteiger charge is 2.30. The van der Waals surface area contributed by atoms with Crippen LogP contribution in [0.5, 0.6) is 0 Å². The van der Waals surface area contributed by atoms with Gasteiger partial charge < -0.3 is 16.0 Å². The molecular formula is C20H22ClF3N4O2. The average Bonchev–Trinajstić information content (AvgIpc) is 2.70. The van der Waals surface area contributed by atoms with Crippen LogP contribution in [0.1, 0.15) is 34.3 Å². The lowest BCUT2D eigenvalue weighted by molar-refractivity contribution is -0.137. The third-order valence-corrected chi connectivity index (χ3v) is 5.52. The van der Waals surface area contributed by atoms with E-state index in [0.717, 1.165) is 43.6 Å². The molecule has 2 aromatic rings. The predicted octanol–water partition coefficient (Wildman–Crippen LogP) is 3.27. The molecule has 0 atom stereocenters. The molecule has 1 amide bonds. The van der Waals surface area contributed by atoms with Crippen molar-refractivity contribution in [3.8, 4) is 0 Å². The van der Waals surface area contributed by atoms with Gasteiger partial charge in [0.05, 0.1) is 10.6 Å². The fraction of sp³-hybridized carbons (Fsp3) is 0.400. The molecule has 1 aliphatic rings. The number of aromatic nitrogens is 1. The van der Waals surface area contributed by atoms with Crippen LogP contribution in [-0.2, 0) is 12.7 Å². The summed E-state index contributed by atoms with van der Waals surface area (Å²) < 4.78 is 37.9.